The molecule has 0 aliphatic carbocycles. The van der Waals surface area contributed by atoms with Gasteiger partial charge in [-0.1, -0.05) is 46.3 Å². The standard InChI is InChI=1S/C8H7BrO.H2O/c9-6-8(10)7-4-2-1-3-5-7;/h1-5H,6H2;1H2. The van der Waals surface area contributed by atoms with Crippen LogP contribution in [0, 0.1) is 0 Å². The lowest BCUT2D eigenvalue weighted by Gasteiger charge is -1.92. The minimum Gasteiger partial charge on any atom is -0.412 e. The highest BCUT2D eigenvalue weighted by Crippen LogP contribution is 2.01. The Kier molecular flexibility index (Phi) is 4.74. The van der Waals surface area contributed by atoms with Gasteiger partial charge in [0.2, 0.25) is 0 Å². The molecule has 0 bridgehead atoms. The summed E-state index contributed by atoms with van der Waals surface area (Å²) in [6, 6.07) is 9.23. The summed E-state index contributed by atoms with van der Waals surface area (Å²) in [6.45, 7) is 0. The molecule has 0 heterocycles. The first kappa shape index (κ1) is 10.3. The summed E-state index contributed by atoms with van der Waals surface area (Å²) in [5.41, 5.74) is 0.763. The Morgan fingerprint density at radius 2 is 1.82 bits per heavy atom. The molecule has 0 aliphatic rings. The highest BCUT2D eigenvalue weighted by Gasteiger charge is 1.99. The molecule has 0 saturated carbocycles. The van der Waals surface area contributed by atoms with Crippen LogP contribution in [0.15, 0.2) is 30.3 Å². The summed E-state index contributed by atoms with van der Waals surface area (Å²) in [5.74, 6) is 0.126. The second kappa shape index (κ2) is 5.04. The number of benzene rings is 1. The maximum atomic E-state index is 11.0. The zero-order valence-corrected chi connectivity index (χ0v) is 7.47. The second-order valence-corrected chi connectivity index (χ2v) is 2.48. The van der Waals surface area contributed by atoms with Crippen molar-refractivity contribution in [1.29, 1.82) is 0 Å². The van der Waals surface area contributed by atoms with Gasteiger partial charge in [-0.15, -0.1) is 0 Å². The fraction of sp³-hybridized carbons (Fsp3) is 0.125. The van der Waals surface area contributed by atoms with Gasteiger partial charge < -0.3 is 5.48 Å². The Bertz CT molecular complexity index is 221. The van der Waals surface area contributed by atoms with Crippen LogP contribution in [0.4, 0.5) is 0 Å². The van der Waals surface area contributed by atoms with Crippen molar-refractivity contribution in [2.45, 2.75) is 0 Å². The van der Waals surface area contributed by atoms with E-state index in [0.29, 0.717) is 5.33 Å². The van der Waals surface area contributed by atoms with Gasteiger partial charge in [0.15, 0.2) is 5.78 Å². The Morgan fingerprint density at radius 1 is 1.27 bits per heavy atom. The van der Waals surface area contributed by atoms with Crippen molar-refractivity contribution in [3.05, 3.63) is 35.9 Å². The predicted octanol–water partition coefficient (Wildman–Crippen LogP) is 1.44. The number of carbonyl (C=O) groups excluding carboxylic acids is 1. The van der Waals surface area contributed by atoms with Gasteiger partial charge in [-0.05, 0) is 0 Å². The average Bonchev–Trinajstić information content (AvgIpc) is 2.05. The lowest BCUT2D eigenvalue weighted by molar-refractivity contribution is 0.102. The summed E-state index contributed by atoms with van der Waals surface area (Å²) in [4.78, 5) is 11.0. The van der Waals surface area contributed by atoms with Gasteiger partial charge in [-0.2, -0.15) is 0 Å². The molecule has 0 aromatic heterocycles. The molecule has 0 radical (unpaired) electrons. The Morgan fingerprint density at radius 3 is 2.27 bits per heavy atom. The smallest absolute Gasteiger partial charge is 0.173 e. The minimum atomic E-state index is 0. The van der Waals surface area contributed by atoms with Crippen molar-refractivity contribution in [2.75, 3.05) is 5.33 Å². The monoisotopic (exact) mass is 216 g/mol. The fourth-order valence-corrected chi connectivity index (χ4v) is 1.02. The lowest BCUT2D eigenvalue weighted by Crippen LogP contribution is -1.98. The molecule has 0 atom stereocenters. The topological polar surface area (TPSA) is 48.6 Å². The largest absolute Gasteiger partial charge is 0.412 e. The van der Waals surface area contributed by atoms with E-state index < -0.39 is 0 Å². The molecule has 1 aromatic carbocycles. The lowest BCUT2D eigenvalue weighted by atomic mass is 10.2. The first-order chi connectivity index (χ1) is 4.84. The molecule has 0 spiro atoms. The molecular weight excluding hydrogens is 208 g/mol. The molecule has 3 heteroatoms. The zero-order chi connectivity index (χ0) is 7.40. The van der Waals surface area contributed by atoms with Crippen molar-refractivity contribution < 1.29 is 10.3 Å². The Balaban J connectivity index is 0.000001000. The number of Topliss-reactive ketones (excluding diaryl/α,β-unsaturated/α-hetero) is 1. The summed E-state index contributed by atoms with van der Waals surface area (Å²) in [5, 5.41) is 0.400. The van der Waals surface area contributed by atoms with Gasteiger partial charge in [0.1, 0.15) is 0 Å². The highest BCUT2D eigenvalue weighted by atomic mass is 79.9. The molecule has 11 heavy (non-hydrogen) atoms. The molecule has 1 aromatic rings. The van der Waals surface area contributed by atoms with Crippen LogP contribution in [0.25, 0.3) is 0 Å². The number of rotatable bonds is 2. The number of alkyl halides is 1. The van der Waals surface area contributed by atoms with E-state index in [-0.39, 0.29) is 11.3 Å². The summed E-state index contributed by atoms with van der Waals surface area (Å²) in [6.07, 6.45) is 0. The van der Waals surface area contributed by atoms with Crippen LogP contribution in [-0.2, 0) is 0 Å². The van der Waals surface area contributed by atoms with Crippen LogP contribution >= 0.6 is 15.9 Å². The molecule has 2 N–H and O–H groups in total. The SMILES string of the molecule is O.O=C(CBr)c1ccccc1. The van der Waals surface area contributed by atoms with Gasteiger partial charge >= 0.3 is 0 Å². The molecule has 60 valence electrons. The molecule has 0 saturated heterocycles. The van der Waals surface area contributed by atoms with Crippen molar-refractivity contribution in [1.82, 2.24) is 0 Å². The van der Waals surface area contributed by atoms with Gasteiger partial charge in [0, 0.05) is 5.56 Å². The molecule has 0 aliphatic heterocycles. The summed E-state index contributed by atoms with van der Waals surface area (Å²) >= 11 is 3.10. The van der Waals surface area contributed by atoms with Crippen LogP contribution in [0.5, 0.6) is 0 Å². The Labute approximate surface area is 73.7 Å². The Hall–Kier alpha value is -0.670. The maximum Gasteiger partial charge on any atom is 0.173 e. The highest BCUT2D eigenvalue weighted by molar-refractivity contribution is 9.09. The van der Waals surface area contributed by atoms with E-state index in [2.05, 4.69) is 15.9 Å². The zero-order valence-electron chi connectivity index (χ0n) is 5.88. The van der Waals surface area contributed by atoms with E-state index in [4.69, 9.17) is 0 Å². The number of carbonyl (C=O) groups is 1. The molecular formula is C8H9BrO2. The minimum absolute atomic E-state index is 0. The summed E-state index contributed by atoms with van der Waals surface area (Å²) in [7, 11) is 0. The van der Waals surface area contributed by atoms with Gasteiger partial charge in [0.05, 0.1) is 5.33 Å². The van der Waals surface area contributed by atoms with E-state index in [1.807, 2.05) is 30.3 Å². The van der Waals surface area contributed by atoms with E-state index >= 15 is 0 Å². The van der Waals surface area contributed by atoms with Crippen LogP contribution < -0.4 is 0 Å². The first-order valence-electron chi connectivity index (χ1n) is 2.99. The van der Waals surface area contributed by atoms with Gasteiger partial charge in [-0.25, -0.2) is 0 Å². The third-order valence-electron chi connectivity index (χ3n) is 1.22. The van der Waals surface area contributed by atoms with Crippen LogP contribution in [0.3, 0.4) is 0 Å². The maximum absolute atomic E-state index is 11.0. The van der Waals surface area contributed by atoms with Gasteiger partial charge in [0.25, 0.3) is 0 Å². The number of ketones is 1. The third kappa shape index (κ3) is 2.82. The molecule has 0 amide bonds. The van der Waals surface area contributed by atoms with Crippen molar-refractivity contribution in [3.63, 3.8) is 0 Å². The van der Waals surface area contributed by atoms with E-state index in [0.717, 1.165) is 5.56 Å². The molecule has 1 rings (SSSR count). The quantitative estimate of drug-likeness (QED) is 0.546. The van der Waals surface area contributed by atoms with Crippen molar-refractivity contribution in [2.24, 2.45) is 0 Å². The third-order valence-corrected chi connectivity index (χ3v) is 1.73. The van der Waals surface area contributed by atoms with Crippen LogP contribution in [0.2, 0.25) is 0 Å². The second-order valence-electron chi connectivity index (χ2n) is 1.92. The first-order valence-corrected chi connectivity index (χ1v) is 4.11. The molecule has 2 nitrogen and oxygen atoms in total. The van der Waals surface area contributed by atoms with E-state index in [1.54, 1.807) is 0 Å². The van der Waals surface area contributed by atoms with E-state index in [9.17, 15) is 4.79 Å². The van der Waals surface area contributed by atoms with Crippen molar-refractivity contribution in [3.8, 4) is 0 Å². The van der Waals surface area contributed by atoms with Gasteiger partial charge in [-0.3, -0.25) is 4.79 Å². The summed E-state index contributed by atoms with van der Waals surface area (Å²) < 4.78 is 0. The van der Waals surface area contributed by atoms with Crippen LogP contribution in [0.1, 0.15) is 10.4 Å². The average molecular weight is 217 g/mol. The number of halogens is 1. The van der Waals surface area contributed by atoms with E-state index in [1.165, 1.54) is 0 Å². The normalized spacial score (nSPS) is 8.45. The number of hydrogen-bond donors (Lipinski definition) is 0. The predicted molar refractivity (Wildman–Crippen MR) is 48.2 cm³/mol. The molecule has 0 unspecified atom stereocenters. The number of hydrogen-bond acceptors (Lipinski definition) is 1. The molecule has 0 fully saturated rings. The fourth-order valence-electron chi connectivity index (χ4n) is 0.701. The van der Waals surface area contributed by atoms with Crippen molar-refractivity contribution >= 4 is 21.7 Å². The van der Waals surface area contributed by atoms with Crippen LogP contribution in [-0.4, -0.2) is 16.6 Å².